The highest BCUT2D eigenvalue weighted by Gasteiger charge is 2.15. The Bertz CT molecular complexity index is 1040. The van der Waals surface area contributed by atoms with Crippen LogP contribution in [0.15, 0.2) is 47.0 Å². The Morgan fingerprint density at radius 2 is 1.92 bits per heavy atom. The minimum Gasteiger partial charge on any atom is -0.338 e. The van der Waals surface area contributed by atoms with Gasteiger partial charge in [0.05, 0.1) is 22.3 Å². The molecule has 0 radical (unpaired) electrons. The average molecular weight is 412 g/mol. The van der Waals surface area contributed by atoms with Gasteiger partial charge in [0.25, 0.3) is 0 Å². The molecule has 0 saturated carbocycles. The van der Waals surface area contributed by atoms with Crippen molar-refractivity contribution < 1.29 is 12.9 Å². The molecule has 6 nitrogen and oxygen atoms in total. The number of hydrogen-bond donors (Lipinski definition) is 1. The Labute approximate surface area is 161 Å². The van der Waals surface area contributed by atoms with Crippen LogP contribution in [0.5, 0.6) is 0 Å². The molecular weight excluding hydrogens is 397 g/mol. The number of rotatable bonds is 6. The van der Waals surface area contributed by atoms with Crippen molar-refractivity contribution in [1.29, 1.82) is 0 Å². The first kappa shape index (κ1) is 18.8. The molecule has 0 atom stereocenters. The van der Waals surface area contributed by atoms with Gasteiger partial charge in [-0.2, -0.15) is 4.98 Å². The molecule has 2 aromatic carbocycles. The van der Waals surface area contributed by atoms with E-state index in [4.69, 9.17) is 27.7 Å². The van der Waals surface area contributed by atoms with Gasteiger partial charge in [0.1, 0.15) is 0 Å². The number of sulfonamides is 1. The minimum atomic E-state index is -3.60. The largest absolute Gasteiger partial charge is 0.338 e. The van der Waals surface area contributed by atoms with Crippen molar-refractivity contribution >= 4 is 33.2 Å². The molecule has 0 unspecified atom stereocenters. The lowest BCUT2D eigenvalue weighted by Crippen LogP contribution is -2.24. The normalized spacial score (nSPS) is 11.7. The van der Waals surface area contributed by atoms with Crippen molar-refractivity contribution in [2.75, 3.05) is 0 Å². The Hall–Kier alpha value is -1.93. The average Bonchev–Trinajstić information content (AvgIpc) is 3.05. The van der Waals surface area contributed by atoms with Crippen molar-refractivity contribution in [3.63, 3.8) is 0 Å². The zero-order valence-electron chi connectivity index (χ0n) is 13.7. The number of hydrogen-bond acceptors (Lipinski definition) is 5. The van der Waals surface area contributed by atoms with Gasteiger partial charge in [0, 0.05) is 5.56 Å². The SMILES string of the molecule is Cc1cccc(-c2noc(CNS(=O)(=O)Cc3ccc(Cl)c(Cl)c3)n2)c1. The smallest absolute Gasteiger partial charge is 0.242 e. The van der Waals surface area contributed by atoms with Gasteiger partial charge in [-0.3, -0.25) is 0 Å². The van der Waals surface area contributed by atoms with Crippen LogP contribution in [0.3, 0.4) is 0 Å². The van der Waals surface area contributed by atoms with E-state index in [2.05, 4.69) is 14.9 Å². The lowest BCUT2D eigenvalue weighted by molar-refractivity contribution is 0.376. The van der Waals surface area contributed by atoms with Crippen LogP contribution >= 0.6 is 23.2 Å². The fourth-order valence-corrected chi connectivity index (χ4v) is 3.68. The monoisotopic (exact) mass is 411 g/mol. The van der Waals surface area contributed by atoms with Gasteiger partial charge in [-0.15, -0.1) is 0 Å². The second kappa shape index (κ2) is 7.75. The maximum Gasteiger partial charge on any atom is 0.242 e. The lowest BCUT2D eigenvalue weighted by atomic mass is 10.1. The summed E-state index contributed by atoms with van der Waals surface area (Å²) in [5.41, 5.74) is 2.40. The molecular formula is C17H15Cl2N3O3S. The summed E-state index contributed by atoms with van der Waals surface area (Å²) in [6, 6.07) is 12.3. The topological polar surface area (TPSA) is 85.1 Å². The van der Waals surface area contributed by atoms with Crippen molar-refractivity contribution in [3.05, 3.63) is 69.5 Å². The number of nitrogens with zero attached hydrogens (tertiary/aromatic N) is 2. The van der Waals surface area contributed by atoms with Crippen molar-refractivity contribution in [2.45, 2.75) is 19.2 Å². The Kier molecular flexibility index (Phi) is 5.62. The fourth-order valence-electron chi connectivity index (χ4n) is 2.30. The molecule has 1 N–H and O–H groups in total. The number of aromatic nitrogens is 2. The number of nitrogens with one attached hydrogen (secondary N) is 1. The lowest BCUT2D eigenvalue weighted by Gasteiger charge is -2.05. The summed E-state index contributed by atoms with van der Waals surface area (Å²) in [5, 5.41) is 4.56. The van der Waals surface area contributed by atoms with Crippen LogP contribution in [0.4, 0.5) is 0 Å². The maximum absolute atomic E-state index is 12.2. The van der Waals surface area contributed by atoms with Crippen LogP contribution in [0.1, 0.15) is 17.0 Å². The van der Waals surface area contributed by atoms with Crippen LogP contribution in [-0.4, -0.2) is 18.6 Å². The predicted octanol–water partition coefficient (Wildman–Crippen LogP) is 3.97. The van der Waals surface area contributed by atoms with E-state index in [1.165, 1.54) is 6.07 Å². The van der Waals surface area contributed by atoms with Gasteiger partial charge >= 0.3 is 0 Å². The van der Waals surface area contributed by atoms with E-state index in [0.717, 1.165) is 11.1 Å². The molecule has 1 aromatic heterocycles. The summed E-state index contributed by atoms with van der Waals surface area (Å²) in [5.74, 6) is 0.356. The van der Waals surface area contributed by atoms with Gasteiger partial charge in [-0.1, -0.05) is 58.2 Å². The molecule has 1 heterocycles. The van der Waals surface area contributed by atoms with Crippen LogP contribution in [0, 0.1) is 6.92 Å². The van der Waals surface area contributed by atoms with Crippen molar-refractivity contribution in [3.8, 4) is 11.4 Å². The molecule has 9 heteroatoms. The number of aryl methyl sites for hydroxylation is 1. The zero-order valence-corrected chi connectivity index (χ0v) is 16.1. The molecule has 0 spiro atoms. The molecule has 0 aliphatic rings. The summed E-state index contributed by atoms with van der Waals surface area (Å²) in [6.07, 6.45) is 0. The molecule has 0 fully saturated rings. The van der Waals surface area contributed by atoms with Gasteiger partial charge < -0.3 is 4.52 Å². The van der Waals surface area contributed by atoms with Crippen molar-refractivity contribution in [1.82, 2.24) is 14.9 Å². The molecule has 3 rings (SSSR count). The molecule has 26 heavy (non-hydrogen) atoms. The van der Waals surface area contributed by atoms with Crippen molar-refractivity contribution in [2.24, 2.45) is 0 Å². The van der Waals surface area contributed by atoms with Gasteiger partial charge in [0.2, 0.25) is 21.7 Å². The number of benzene rings is 2. The van der Waals surface area contributed by atoms with Crippen LogP contribution < -0.4 is 4.72 Å². The highest BCUT2D eigenvalue weighted by molar-refractivity contribution is 7.88. The van der Waals surface area contributed by atoms with Crippen LogP contribution in [0.25, 0.3) is 11.4 Å². The zero-order chi connectivity index (χ0) is 18.7. The first-order chi connectivity index (χ1) is 12.3. The Morgan fingerprint density at radius 3 is 2.65 bits per heavy atom. The van der Waals surface area contributed by atoms with E-state index < -0.39 is 10.0 Å². The van der Waals surface area contributed by atoms with E-state index in [9.17, 15) is 8.42 Å². The van der Waals surface area contributed by atoms with Gasteiger partial charge in [0.15, 0.2) is 0 Å². The summed E-state index contributed by atoms with van der Waals surface area (Å²) in [4.78, 5) is 4.21. The van der Waals surface area contributed by atoms with Gasteiger partial charge in [-0.25, -0.2) is 13.1 Å². The van der Waals surface area contributed by atoms with E-state index in [1.807, 2.05) is 31.2 Å². The first-order valence-corrected chi connectivity index (χ1v) is 10.0. The van der Waals surface area contributed by atoms with E-state index in [0.29, 0.717) is 21.4 Å². The molecule has 136 valence electrons. The third-order valence-electron chi connectivity index (χ3n) is 3.53. The second-order valence-electron chi connectivity index (χ2n) is 5.71. The molecule has 3 aromatic rings. The van der Waals surface area contributed by atoms with E-state index in [1.54, 1.807) is 12.1 Å². The second-order valence-corrected chi connectivity index (χ2v) is 8.33. The quantitative estimate of drug-likeness (QED) is 0.662. The summed E-state index contributed by atoms with van der Waals surface area (Å²) in [6.45, 7) is 1.87. The first-order valence-electron chi connectivity index (χ1n) is 7.63. The fraction of sp³-hybridized carbons (Fsp3) is 0.176. The summed E-state index contributed by atoms with van der Waals surface area (Å²) >= 11 is 11.7. The standard InChI is InChI=1S/C17H15Cl2N3O3S/c1-11-3-2-4-13(7-11)17-21-16(25-22-17)9-20-26(23,24)10-12-5-6-14(18)15(19)8-12/h2-8,20H,9-10H2,1H3. The Morgan fingerprint density at radius 1 is 1.12 bits per heavy atom. The molecule has 0 aliphatic carbocycles. The van der Waals surface area contributed by atoms with E-state index >= 15 is 0 Å². The summed E-state index contributed by atoms with van der Waals surface area (Å²) in [7, 11) is -3.60. The van der Waals surface area contributed by atoms with E-state index in [-0.39, 0.29) is 18.2 Å². The molecule has 0 aliphatic heterocycles. The number of halogens is 2. The molecule has 0 bridgehead atoms. The third-order valence-corrected chi connectivity index (χ3v) is 5.56. The van der Waals surface area contributed by atoms with Crippen LogP contribution in [-0.2, 0) is 22.3 Å². The predicted molar refractivity (Wildman–Crippen MR) is 100 cm³/mol. The Balaban J connectivity index is 1.65. The highest BCUT2D eigenvalue weighted by atomic mass is 35.5. The molecule has 0 saturated heterocycles. The maximum atomic E-state index is 12.2. The molecule has 0 amide bonds. The summed E-state index contributed by atoms with van der Waals surface area (Å²) < 4.78 is 32.0. The van der Waals surface area contributed by atoms with Gasteiger partial charge in [-0.05, 0) is 30.7 Å². The third kappa shape index (κ3) is 4.82. The highest BCUT2D eigenvalue weighted by Crippen LogP contribution is 2.23. The van der Waals surface area contributed by atoms with Crippen LogP contribution in [0.2, 0.25) is 10.0 Å². The minimum absolute atomic E-state index is 0.0948.